The third-order valence-corrected chi connectivity index (χ3v) is 4.25. The Labute approximate surface area is 151 Å². The van der Waals surface area contributed by atoms with E-state index in [0.29, 0.717) is 24.0 Å². The van der Waals surface area contributed by atoms with Gasteiger partial charge in [-0.3, -0.25) is 4.68 Å². The Hall–Kier alpha value is -2.87. The molecule has 1 N–H and O–H groups in total. The van der Waals surface area contributed by atoms with E-state index < -0.39 is 0 Å². The van der Waals surface area contributed by atoms with Crippen LogP contribution in [0.1, 0.15) is 24.1 Å². The van der Waals surface area contributed by atoms with E-state index in [-0.39, 0.29) is 12.8 Å². The van der Waals surface area contributed by atoms with E-state index in [2.05, 4.69) is 40.5 Å². The molecule has 0 saturated carbocycles. The predicted molar refractivity (Wildman–Crippen MR) is 93.9 cm³/mol. The first-order chi connectivity index (χ1) is 12.6. The van der Waals surface area contributed by atoms with Crippen molar-refractivity contribution < 1.29 is 14.0 Å². The second-order valence-electron chi connectivity index (χ2n) is 6.47. The second-order valence-corrected chi connectivity index (χ2v) is 6.47. The highest BCUT2D eigenvalue weighted by atomic mass is 16.7. The Morgan fingerprint density at radius 2 is 2.04 bits per heavy atom. The molecule has 0 saturated heterocycles. The number of nitrogens with one attached hydrogen (secondary N) is 1. The molecule has 8 heteroatoms. The van der Waals surface area contributed by atoms with E-state index in [1.165, 1.54) is 0 Å². The number of nitrogens with zero attached hydrogens (tertiary/aromatic N) is 4. The third kappa shape index (κ3) is 3.41. The molecule has 0 aliphatic carbocycles. The minimum absolute atomic E-state index is 0.223. The van der Waals surface area contributed by atoms with Gasteiger partial charge in [-0.25, -0.2) is 0 Å². The lowest BCUT2D eigenvalue weighted by Gasteiger charge is -2.13. The van der Waals surface area contributed by atoms with Gasteiger partial charge in [0.05, 0.1) is 18.8 Å². The van der Waals surface area contributed by atoms with Crippen molar-refractivity contribution in [1.29, 1.82) is 0 Å². The lowest BCUT2D eigenvalue weighted by atomic mass is 10.2. The normalized spacial score (nSPS) is 14.0. The molecule has 4 rings (SSSR count). The van der Waals surface area contributed by atoms with Crippen LogP contribution < -0.4 is 14.8 Å². The molecule has 26 heavy (non-hydrogen) atoms. The lowest BCUT2D eigenvalue weighted by Crippen LogP contribution is -2.31. The first-order valence-corrected chi connectivity index (χ1v) is 8.55. The van der Waals surface area contributed by atoms with Crippen molar-refractivity contribution in [3.63, 3.8) is 0 Å². The highest BCUT2D eigenvalue weighted by molar-refractivity contribution is 5.60. The zero-order valence-electron chi connectivity index (χ0n) is 15.0. The Kier molecular flexibility index (Phi) is 4.34. The molecule has 0 spiro atoms. The molecule has 136 valence electrons. The molecule has 3 heterocycles. The predicted octanol–water partition coefficient (Wildman–Crippen LogP) is 2.46. The van der Waals surface area contributed by atoms with Gasteiger partial charge in [-0.15, -0.1) is 0 Å². The van der Waals surface area contributed by atoms with Crippen LogP contribution in [0, 0.1) is 13.8 Å². The summed E-state index contributed by atoms with van der Waals surface area (Å²) in [5.41, 5.74) is 2.99. The van der Waals surface area contributed by atoms with Gasteiger partial charge in [-0.2, -0.15) is 10.1 Å². The third-order valence-electron chi connectivity index (χ3n) is 4.25. The van der Waals surface area contributed by atoms with Crippen LogP contribution in [0.25, 0.3) is 11.5 Å². The summed E-state index contributed by atoms with van der Waals surface area (Å²) in [7, 11) is 0. The highest BCUT2D eigenvalue weighted by Gasteiger charge is 2.17. The molecule has 1 atom stereocenters. The molecule has 0 bridgehead atoms. The van der Waals surface area contributed by atoms with Gasteiger partial charge in [0.2, 0.25) is 6.79 Å². The Morgan fingerprint density at radius 1 is 1.19 bits per heavy atom. The first kappa shape index (κ1) is 16.6. The van der Waals surface area contributed by atoms with Crippen LogP contribution in [0.15, 0.2) is 28.8 Å². The molecule has 1 aliphatic heterocycles. The lowest BCUT2D eigenvalue weighted by molar-refractivity contribution is 0.174. The summed E-state index contributed by atoms with van der Waals surface area (Å²) >= 11 is 0. The number of rotatable bonds is 6. The fourth-order valence-electron chi connectivity index (χ4n) is 2.92. The highest BCUT2D eigenvalue weighted by Crippen LogP contribution is 2.35. The fourth-order valence-corrected chi connectivity index (χ4v) is 2.92. The standard InChI is InChI=1S/C18H21N5O3/c1-11-6-13(3)23(21-11)9-12(2)19-8-17-20-18(26-22-17)14-4-5-15-16(7-14)25-10-24-15/h4-7,12,19H,8-10H2,1-3H3. The number of hydrogen-bond donors (Lipinski definition) is 1. The number of benzene rings is 1. The van der Waals surface area contributed by atoms with Crippen molar-refractivity contribution in [2.75, 3.05) is 6.79 Å². The molecule has 2 aromatic heterocycles. The molecule has 1 unspecified atom stereocenters. The number of aromatic nitrogens is 4. The first-order valence-electron chi connectivity index (χ1n) is 8.55. The summed E-state index contributed by atoms with van der Waals surface area (Å²) in [5.74, 6) is 2.50. The number of hydrogen-bond acceptors (Lipinski definition) is 7. The Bertz CT molecular complexity index is 917. The van der Waals surface area contributed by atoms with Gasteiger partial charge in [0.1, 0.15) is 0 Å². The summed E-state index contributed by atoms with van der Waals surface area (Å²) in [4.78, 5) is 4.45. The molecule has 0 fully saturated rings. The Balaban J connectivity index is 1.37. The summed E-state index contributed by atoms with van der Waals surface area (Å²) < 4.78 is 18.1. The fraction of sp³-hybridized carbons (Fsp3) is 0.389. The number of ether oxygens (including phenoxy) is 2. The van der Waals surface area contributed by atoms with Gasteiger partial charge in [0, 0.05) is 17.3 Å². The average molecular weight is 355 g/mol. The van der Waals surface area contributed by atoms with Gasteiger partial charge < -0.3 is 19.3 Å². The SMILES string of the molecule is Cc1cc(C)n(CC(C)NCc2noc(-c3ccc4c(c3)OCO4)n2)n1. The van der Waals surface area contributed by atoms with Crippen molar-refractivity contribution in [3.05, 3.63) is 41.5 Å². The van der Waals surface area contributed by atoms with Crippen molar-refractivity contribution in [1.82, 2.24) is 25.2 Å². The quantitative estimate of drug-likeness (QED) is 0.727. The molecule has 0 radical (unpaired) electrons. The smallest absolute Gasteiger partial charge is 0.258 e. The van der Waals surface area contributed by atoms with Crippen molar-refractivity contribution in [3.8, 4) is 23.0 Å². The Morgan fingerprint density at radius 3 is 2.85 bits per heavy atom. The maximum absolute atomic E-state index is 5.38. The molecular weight excluding hydrogens is 334 g/mol. The van der Waals surface area contributed by atoms with Crippen molar-refractivity contribution in [2.24, 2.45) is 0 Å². The zero-order chi connectivity index (χ0) is 18.1. The molecular formula is C18H21N5O3. The van der Waals surface area contributed by atoms with Crippen LogP contribution in [0.5, 0.6) is 11.5 Å². The van der Waals surface area contributed by atoms with Crippen LogP contribution in [-0.4, -0.2) is 32.8 Å². The molecule has 1 aromatic carbocycles. The topological polar surface area (TPSA) is 87.2 Å². The summed E-state index contributed by atoms with van der Waals surface area (Å²) in [6.07, 6.45) is 0. The van der Waals surface area contributed by atoms with Gasteiger partial charge in [0.15, 0.2) is 17.3 Å². The minimum Gasteiger partial charge on any atom is -0.454 e. The zero-order valence-corrected chi connectivity index (χ0v) is 15.0. The van der Waals surface area contributed by atoms with Crippen molar-refractivity contribution >= 4 is 0 Å². The summed E-state index contributed by atoms with van der Waals surface area (Å²) in [6.45, 7) is 7.71. The molecule has 0 amide bonds. The molecule has 8 nitrogen and oxygen atoms in total. The van der Waals surface area contributed by atoms with Gasteiger partial charge in [-0.05, 0) is 45.0 Å². The summed E-state index contributed by atoms with van der Waals surface area (Å²) in [5, 5.41) is 11.9. The number of aryl methyl sites for hydroxylation is 2. The van der Waals surface area contributed by atoms with E-state index in [1.54, 1.807) is 0 Å². The summed E-state index contributed by atoms with van der Waals surface area (Å²) in [6, 6.07) is 7.86. The largest absolute Gasteiger partial charge is 0.454 e. The van der Waals surface area contributed by atoms with Crippen LogP contribution in [0.2, 0.25) is 0 Å². The van der Waals surface area contributed by atoms with Crippen LogP contribution in [0.4, 0.5) is 0 Å². The monoisotopic (exact) mass is 355 g/mol. The van der Waals surface area contributed by atoms with Crippen LogP contribution in [-0.2, 0) is 13.1 Å². The second kappa shape index (κ2) is 6.80. The van der Waals surface area contributed by atoms with Crippen LogP contribution in [0.3, 0.4) is 0 Å². The molecule has 1 aliphatic rings. The van der Waals surface area contributed by atoms with E-state index in [0.717, 1.165) is 29.2 Å². The van der Waals surface area contributed by atoms with Gasteiger partial charge in [0.25, 0.3) is 5.89 Å². The van der Waals surface area contributed by atoms with E-state index in [1.807, 2.05) is 29.8 Å². The van der Waals surface area contributed by atoms with Crippen molar-refractivity contribution in [2.45, 2.75) is 39.9 Å². The van der Waals surface area contributed by atoms with E-state index >= 15 is 0 Å². The average Bonchev–Trinajstić information content (AvgIpc) is 3.33. The number of fused-ring (bicyclic) bond motifs is 1. The maximum atomic E-state index is 5.38. The maximum Gasteiger partial charge on any atom is 0.258 e. The van der Waals surface area contributed by atoms with Gasteiger partial charge in [-0.1, -0.05) is 5.16 Å². The van der Waals surface area contributed by atoms with E-state index in [9.17, 15) is 0 Å². The van der Waals surface area contributed by atoms with Gasteiger partial charge >= 0.3 is 0 Å². The van der Waals surface area contributed by atoms with E-state index in [4.69, 9.17) is 14.0 Å². The van der Waals surface area contributed by atoms with Crippen LogP contribution >= 0.6 is 0 Å². The minimum atomic E-state index is 0.223. The molecule has 3 aromatic rings.